The summed E-state index contributed by atoms with van der Waals surface area (Å²) in [5, 5.41) is 2.01. The number of halogens is 1. The zero-order valence-corrected chi connectivity index (χ0v) is 13.8. The first kappa shape index (κ1) is 16.1. The van der Waals surface area contributed by atoms with Crippen molar-refractivity contribution in [3.63, 3.8) is 0 Å². The Morgan fingerprint density at radius 3 is 2.54 bits per heavy atom. The number of benzene rings is 2. The van der Waals surface area contributed by atoms with Crippen molar-refractivity contribution in [1.82, 2.24) is 0 Å². The van der Waals surface area contributed by atoms with Crippen LogP contribution in [0.5, 0.6) is 5.75 Å². The quantitative estimate of drug-likeness (QED) is 0.358. The molecule has 0 fully saturated rings. The van der Waals surface area contributed by atoms with E-state index in [1.807, 2.05) is 35.7 Å². The number of carbonyl (C=O) groups excluding carboxylic acids is 1. The summed E-state index contributed by atoms with van der Waals surface area (Å²) < 4.78 is 18.4. The summed E-state index contributed by atoms with van der Waals surface area (Å²) in [7, 11) is 1.57. The lowest BCUT2D eigenvalue weighted by Gasteiger charge is -2.10. The Balaban J connectivity index is 2.08. The van der Waals surface area contributed by atoms with Gasteiger partial charge in [-0.3, -0.25) is 4.79 Å². The minimum atomic E-state index is -0.308. The van der Waals surface area contributed by atoms with Crippen LogP contribution in [0.15, 0.2) is 60.0 Å². The largest absolute Gasteiger partial charge is 0.496 e. The van der Waals surface area contributed by atoms with Crippen molar-refractivity contribution in [2.75, 3.05) is 7.11 Å². The van der Waals surface area contributed by atoms with Crippen molar-refractivity contribution in [2.24, 2.45) is 0 Å². The third-order valence-electron chi connectivity index (χ3n) is 3.64. The Morgan fingerprint density at radius 2 is 1.92 bits per heavy atom. The first-order valence-electron chi connectivity index (χ1n) is 7.36. The van der Waals surface area contributed by atoms with E-state index in [4.69, 9.17) is 4.74 Å². The van der Waals surface area contributed by atoms with E-state index in [0.29, 0.717) is 16.9 Å². The normalized spacial score (nSPS) is 11.3. The summed E-state index contributed by atoms with van der Waals surface area (Å²) in [4.78, 5) is 12.8. The standard InChI is InChI=1S/C20H15FO2S/c1-23-19-9-6-15(20-3-2-10-24-20)12-18(19)16(13-22)11-14-4-7-17(21)8-5-14/h2-13H,1H3/b16-11-. The van der Waals surface area contributed by atoms with Crippen molar-refractivity contribution < 1.29 is 13.9 Å². The van der Waals surface area contributed by atoms with Gasteiger partial charge in [0.1, 0.15) is 11.6 Å². The Kier molecular flexibility index (Phi) is 4.87. The molecule has 0 aliphatic heterocycles. The fourth-order valence-corrected chi connectivity index (χ4v) is 3.17. The molecule has 4 heteroatoms. The molecule has 0 radical (unpaired) electrons. The highest BCUT2D eigenvalue weighted by atomic mass is 32.1. The molecular weight excluding hydrogens is 323 g/mol. The van der Waals surface area contributed by atoms with Gasteiger partial charge >= 0.3 is 0 Å². The Labute approximate surface area is 143 Å². The molecule has 0 unspecified atom stereocenters. The second-order valence-electron chi connectivity index (χ2n) is 5.16. The lowest BCUT2D eigenvalue weighted by Crippen LogP contribution is -1.94. The minimum Gasteiger partial charge on any atom is -0.496 e. The third kappa shape index (κ3) is 3.44. The molecule has 3 aromatic rings. The van der Waals surface area contributed by atoms with E-state index in [9.17, 15) is 9.18 Å². The van der Waals surface area contributed by atoms with Gasteiger partial charge in [-0.25, -0.2) is 4.39 Å². The molecule has 2 nitrogen and oxygen atoms in total. The number of methoxy groups -OCH3 is 1. The smallest absolute Gasteiger partial charge is 0.150 e. The van der Waals surface area contributed by atoms with Crippen LogP contribution in [-0.2, 0) is 4.79 Å². The number of hydrogen-bond acceptors (Lipinski definition) is 3. The molecule has 0 saturated heterocycles. The summed E-state index contributed by atoms with van der Waals surface area (Å²) in [6.07, 6.45) is 2.52. The van der Waals surface area contributed by atoms with Crippen molar-refractivity contribution in [2.45, 2.75) is 0 Å². The van der Waals surface area contributed by atoms with Crippen molar-refractivity contribution in [1.29, 1.82) is 0 Å². The van der Waals surface area contributed by atoms with E-state index < -0.39 is 0 Å². The summed E-state index contributed by atoms with van der Waals surface area (Å²) >= 11 is 1.63. The molecule has 0 saturated carbocycles. The number of allylic oxidation sites excluding steroid dienone is 1. The van der Waals surface area contributed by atoms with Gasteiger partial charge in [-0.15, -0.1) is 11.3 Å². The van der Waals surface area contributed by atoms with Gasteiger partial charge in [0.05, 0.1) is 7.11 Å². The van der Waals surface area contributed by atoms with Gasteiger partial charge in [0.25, 0.3) is 0 Å². The van der Waals surface area contributed by atoms with E-state index in [0.717, 1.165) is 22.3 Å². The van der Waals surface area contributed by atoms with Crippen LogP contribution in [0.2, 0.25) is 0 Å². The van der Waals surface area contributed by atoms with Gasteiger partial charge in [-0.05, 0) is 59.0 Å². The number of hydrogen-bond donors (Lipinski definition) is 0. The van der Waals surface area contributed by atoms with E-state index in [1.54, 1.807) is 36.7 Å². The number of carbonyl (C=O) groups is 1. The highest BCUT2D eigenvalue weighted by molar-refractivity contribution is 7.13. The number of rotatable bonds is 5. The first-order valence-corrected chi connectivity index (χ1v) is 8.24. The van der Waals surface area contributed by atoms with Gasteiger partial charge in [0.15, 0.2) is 6.29 Å². The predicted molar refractivity (Wildman–Crippen MR) is 96.6 cm³/mol. The first-order chi connectivity index (χ1) is 11.7. The Bertz CT molecular complexity index is 865. The van der Waals surface area contributed by atoms with E-state index in [-0.39, 0.29) is 5.82 Å². The van der Waals surface area contributed by atoms with Crippen LogP contribution in [0.25, 0.3) is 22.1 Å². The maximum absolute atomic E-state index is 13.0. The van der Waals surface area contributed by atoms with Gasteiger partial charge in [0.2, 0.25) is 0 Å². The maximum Gasteiger partial charge on any atom is 0.150 e. The van der Waals surface area contributed by atoms with Gasteiger partial charge in [0, 0.05) is 16.0 Å². The zero-order valence-electron chi connectivity index (χ0n) is 13.0. The molecule has 1 heterocycles. The number of thiophene rings is 1. The van der Waals surface area contributed by atoms with Crippen LogP contribution in [-0.4, -0.2) is 13.4 Å². The Morgan fingerprint density at radius 1 is 1.12 bits per heavy atom. The van der Waals surface area contributed by atoms with Gasteiger partial charge < -0.3 is 4.74 Å². The zero-order chi connectivity index (χ0) is 16.9. The average Bonchev–Trinajstić information content (AvgIpc) is 3.15. The minimum absolute atomic E-state index is 0.308. The van der Waals surface area contributed by atoms with Crippen LogP contribution >= 0.6 is 11.3 Å². The van der Waals surface area contributed by atoms with Gasteiger partial charge in [-0.2, -0.15) is 0 Å². The second kappa shape index (κ2) is 7.23. The fourth-order valence-electron chi connectivity index (χ4n) is 2.44. The lowest BCUT2D eigenvalue weighted by molar-refractivity contribution is -0.103. The topological polar surface area (TPSA) is 26.3 Å². The molecule has 3 rings (SSSR count). The summed E-state index contributed by atoms with van der Waals surface area (Å²) in [6, 6.07) is 15.8. The molecule has 24 heavy (non-hydrogen) atoms. The van der Waals surface area contributed by atoms with E-state index in [2.05, 4.69) is 0 Å². The van der Waals surface area contributed by atoms with Crippen molar-refractivity contribution in [3.8, 4) is 16.2 Å². The molecule has 0 aliphatic rings. The molecule has 120 valence electrons. The van der Waals surface area contributed by atoms with Crippen LogP contribution in [0.3, 0.4) is 0 Å². The van der Waals surface area contributed by atoms with Crippen LogP contribution in [0, 0.1) is 5.82 Å². The molecular formula is C20H15FO2S. The highest BCUT2D eigenvalue weighted by Crippen LogP contribution is 2.33. The van der Waals surface area contributed by atoms with Crippen LogP contribution < -0.4 is 4.74 Å². The third-order valence-corrected chi connectivity index (χ3v) is 4.55. The highest BCUT2D eigenvalue weighted by Gasteiger charge is 2.11. The van der Waals surface area contributed by atoms with E-state index in [1.165, 1.54) is 12.1 Å². The van der Waals surface area contributed by atoms with Crippen molar-refractivity contribution >= 4 is 29.3 Å². The van der Waals surface area contributed by atoms with Crippen molar-refractivity contribution in [3.05, 3.63) is 76.9 Å². The molecule has 0 amide bonds. The summed E-state index contributed by atoms with van der Waals surface area (Å²) in [5.74, 6) is 0.313. The second-order valence-corrected chi connectivity index (χ2v) is 6.11. The number of aldehydes is 1. The molecule has 0 bridgehead atoms. The Hall–Kier alpha value is -2.72. The van der Waals surface area contributed by atoms with Crippen LogP contribution in [0.4, 0.5) is 4.39 Å². The maximum atomic E-state index is 13.0. The summed E-state index contributed by atoms with van der Waals surface area (Å²) in [5.41, 5.74) is 2.97. The SMILES string of the molecule is COc1ccc(-c2cccs2)cc1/C(C=O)=C\c1ccc(F)cc1. The molecule has 0 spiro atoms. The van der Waals surface area contributed by atoms with Gasteiger partial charge in [-0.1, -0.05) is 18.2 Å². The van der Waals surface area contributed by atoms with E-state index >= 15 is 0 Å². The lowest BCUT2D eigenvalue weighted by atomic mass is 10.00. The molecule has 2 aromatic carbocycles. The molecule has 0 atom stereocenters. The number of ether oxygens (including phenoxy) is 1. The predicted octanol–water partition coefficient (Wildman–Crippen LogP) is 5.30. The molecule has 0 aliphatic carbocycles. The molecule has 0 N–H and O–H groups in total. The average molecular weight is 338 g/mol. The fraction of sp³-hybridized carbons (Fsp3) is 0.0500. The van der Waals surface area contributed by atoms with Crippen LogP contribution in [0.1, 0.15) is 11.1 Å². The monoisotopic (exact) mass is 338 g/mol. The molecule has 1 aromatic heterocycles. The summed E-state index contributed by atoms with van der Waals surface area (Å²) in [6.45, 7) is 0.